The van der Waals surface area contributed by atoms with Crippen molar-refractivity contribution in [1.29, 1.82) is 0 Å². The highest BCUT2D eigenvalue weighted by Crippen LogP contribution is 2.19. The Balaban J connectivity index is 3.15. The van der Waals surface area contributed by atoms with Crippen molar-refractivity contribution in [1.82, 2.24) is 9.71 Å². The van der Waals surface area contributed by atoms with Crippen molar-refractivity contribution in [2.45, 2.75) is 24.3 Å². The average Bonchev–Trinajstić information content (AvgIpc) is 2.16. The largest absolute Gasteiger partial charge is 0.368 e. The minimum atomic E-state index is -3.94. The van der Waals surface area contributed by atoms with E-state index in [2.05, 4.69) is 9.71 Å². The van der Waals surface area contributed by atoms with Crippen LogP contribution in [-0.2, 0) is 14.8 Å². The third-order valence-corrected chi connectivity index (χ3v) is 4.12. The Morgan fingerprint density at radius 3 is 2.59 bits per heavy atom. The van der Waals surface area contributed by atoms with Crippen molar-refractivity contribution >= 4 is 27.5 Å². The first-order chi connectivity index (χ1) is 7.67. The molecule has 8 heteroatoms. The maximum absolute atomic E-state index is 11.9. The molecule has 3 N–H and O–H groups in total. The molecular formula is C9H12ClN3O3S. The molecule has 0 saturated carbocycles. The molecule has 94 valence electrons. The lowest BCUT2D eigenvalue weighted by Crippen LogP contribution is -2.52. The summed E-state index contributed by atoms with van der Waals surface area (Å²) in [6, 6.07) is 2.71. The molecule has 0 saturated heterocycles. The summed E-state index contributed by atoms with van der Waals surface area (Å²) >= 11 is 5.67. The minimum Gasteiger partial charge on any atom is -0.368 e. The molecule has 0 aliphatic heterocycles. The number of carbonyl (C=O) groups excluding carboxylic acids is 1. The molecule has 17 heavy (non-hydrogen) atoms. The second-order valence-electron chi connectivity index (χ2n) is 3.89. The van der Waals surface area contributed by atoms with Crippen LogP contribution in [0.5, 0.6) is 0 Å². The lowest BCUT2D eigenvalue weighted by molar-refractivity contribution is -0.122. The summed E-state index contributed by atoms with van der Waals surface area (Å²) in [5, 5.41) is -0.166. The summed E-state index contributed by atoms with van der Waals surface area (Å²) in [7, 11) is -3.94. The van der Waals surface area contributed by atoms with Gasteiger partial charge in [0.15, 0.2) is 0 Å². The van der Waals surface area contributed by atoms with Gasteiger partial charge in [0.2, 0.25) is 15.9 Å². The van der Waals surface area contributed by atoms with E-state index < -0.39 is 21.5 Å². The molecule has 1 aromatic heterocycles. The van der Waals surface area contributed by atoms with Crippen LogP contribution in [0.25, 0.3) is 0 Å². The quantitative estimate of drug-likeness (QED) is 0.772. The van der Waals surface area contributed by atoms with Gasteiger partial charge < -0.3 is 5.73 Å². The third-order valence-electron chi connectivity index (χ3n) is 2.02. The van der Waals surface area contributed by atoms with Crippen LogP contribution in [-0.4, -0.2) is 24.8 Å². The number of nitrogens with two attached hydrogens (primary N) is 1. The first kappa shape index (κ1) is 13.9. The maximum Gasteiger partial charge on any atom is 0.244 e. The molecule has 0 unspecified atom stereocenters. The van der Waals surface area contributed by atoms with Crippen LogP contribution in [0.15, 0.2) is 23.2 Å². The fourth-order valence-corrected chi connectivity index (χ4v) is 2.85. The van der Waals surface area contributed by atoms with Gasteiger partial charge in [0.1, 0.15) is 15.6 Å². The van der Waals surface area contributed by atoms with E-state index in [9.17, 15) is 13.2 Å². The van der Waals surface area contributed by atoms with Gasteiger partial charge in [-0.2, -0.15) is 4.72 Å². The van der Waals surface area contributed by atoms with Crippen LogP contribution >= 0.6 is 11.6 Å². The SMILES string of the molecule is CC(C)(NS(=O)(=O)c1cccnc1Cl)C(N)=O. The monoisotopic (exact) mass is 277 g/mol. The van der Waals surface area contributed by atoms with Crippen molar-refractivity contribution < 1.29 is 13.2 Å². The van der Waals surface area contributed by atoms with Gasteiger partial charge in [0.25, 0.3) is 0 Å². The number of halogens is 1. The van der Waals surface area contributed by atoms with Gasteiger partial charge >= 0.3 is 0 Å². The Morgan fingerprint density at radius 2 is 2.12 bits per heavy atom. The van der Waals surface area contributed by atoms with Gasteiger partial charge in [-0.25, -0.2) is 13.4 Å². The summed E-state index contributed by atoms with van der Waals surface area (Å²) in [5.74, 6) is -0.791. The summed E-state index contributed by atoms with van der Waals surface area (Å²) in [6.07, 6.45) is 1.36. The highest BCUT2D eigenvalue weighted by molar-refractivity contribution is 7.89. The highest BCUT2D eigenvalue weighted by atomic mass is 35.5. The molecule has 1 rings (SSSR count). The van der Waals surface area contributed by atoms with Gasteiger partial charge in [-0.1, -0.05) is 11.6 Å². The van der Waals surface area contributed by atoms with E-state index in [-0.39, 0.29) is 10.0 Å². The van der Waals surface area contributed by atoms with Crippen molar-refractivity contribution in [2.75, 3.05) is 0 Å². The number of aromatic nitrogens is 1. The summed E-state index contributed by atoms with van der Waals surface area (Å²) in [5.41, 5.74) is 3.67. The standard InChI is InChI=1S/C9H12ClN3O3S/c1-9(2,8(11)14)13-17(15,16)6-4-3-5-12-7(6)10/h3-5,13H,1-2H3,(H2,11,14). The predicted octanol–water partition coefficient (Wildman–Crippen LogP) is 0.277. The summed E-state index contributed by atoms with van der Waals surface area (Å²) in [6.45, 7) is 2.72. The smallest absolute Gasteiger partial charge is 0.244 e. The van der Waals surface area contributed by atoms with Crippen molar-refractivity contribution in [3.8, 4) is 0 Å². The average molecular weight is 278 g/mol. The summed E-state index contributed by atoms with van der Waals surface area (Å²) in [4.78, 5) is 14.5. The number of nitrogens with one attached hydrogen (secondary N) is 1. The zero-order valence-electron chi connectivity index (χ0n) is 9.27. The number of carbonyl (C=O) groups is 1. The Hall–Kier alpha value is -1.18. The van der Waals surface area contributed by atoms with Crippen LogP contribution in [0.2, 0.25) is 5.15 Å². The number of pyridine rings is 1. The van der Waals surface area contributed by atoms with Crippen LogP contribution in [0, 0.1) is 0 Å². The topological polar surface area (TPSA) is 102 Å². The molecule has 1 aromatic rings. The molecule has 1 amide bonds. The van der Waals surface area contributed by atoms with E-state index in [1.807, 2.05) is 0 Å². The number of hydrogen-bond acceptors (Lipinski definition) is 4. The van der Waals surface area contributed by atoms with Crippen LogP contribution < -0.4 is 10.5 Å². The molecule has 1 heterocycles. The van der Waals surface area contributed by atoms with Gasteiger partial charge in [0, 0.05) is 6.20 Å². The summed E-state index contributed by atoms with van der Waals surface area (Å²) < 4.78 is 26.0. The highest BCUT2D eigenvalue weighted by Gasteiger charge is 2.32. The zero-order chi connectivity index (χ0) is 13.3. The molecule has 6 nitrogen and oxygen atoms in total. The van der Waals surface area contributed by atoms with Gasteiger partial charge in [-0.15, -0.1) is 0 Å². The number of sulfonamides is 1. The lowest BCUT2D eigenvalue weighted by Gasteiger charge is -2.22. The van der Waals surface area contributed by atoms with Gasteiger partial charge in [0.05, 0.1) is 0 Å². The Morgan fingerprint density at radius 1 is 1.53 bits per heavy atom. The van der Waals surface area contributed by atoms with Gasteiger partial charge in [-0.3, -0.25) is 4.79 Å². The van der Waals surface area contributed by atoms with Crippen molar-refractivity contribution in [2.24, 2.45) is 5.73 Å². The first-order valence-corrected chi connectivity index (χ1v) is 6.47. The molecule has 0 aliphatic rings. The van der Waals surface area contributed by atoms with E-state index in [0.717, 1.165) is 0 Å². The fourth-order valence-electron chi connectivity index (χ4n) is 1.01. The van der Waals surface area contributed by atoms with E-state index in [1.165, 1.54) is 32.2 Å². The molecular weight excluding hydrogens is 266 g/mol. The second kappa shape index (κ2) is 4.59. The van der Waals surface area contributed by atoms with E-state index in [4.69, 9.17) is 17.3 Å². The molecule has 0 atom stereocenters. The Kier molecular flexibility index (Phi) is 3.75. The molecule has 0 spiro atoms. The van der Waals surface area contributed by atoms with Crippen molar-refractivity contribution in [3.05, 3.63) is 23.5 Å². The molecule has 0 fully saturated rings. The van der Waals surface area contributed by atoms with Gasteiger partial charge in [-0.05, 0) is 26.0 Å². The fraction of sp³-hybridized carbons (Fsp3) is 0.333. The van der Waals surface area contributed by atoms with E-state index in [0.29, 0.717) is 0 Å². The van der Waals surface area contributed by atoms with Crippen LogP contribution in [0.3, 0.4) is 0 Å². The maximum atomic E-state index is 11.9. The second-order valence-corrected chi connectivity index (χ2v) is 5.90. The zero-order valence-corrected chi connectivity index (χ0v) is 10.8. The number of primary amides is 1. The van der Waals surface area contributed by atoms with E-state index in [1.54, 1.807) is 0 Å². The minimum absolute atomic E-state index is 0.166. The number of hydrogen-bond donors (Lipinski definition) is 2. The molecule has 0 aromatic carbocycles. The first-order valence-electron chi connectivity index (χ1n) is 4.61. The van der Waals surface area contributed by atoms with Crippen LogP contribution in [0.4, 0.5) is 0 Å². The normalized spacial score (nSPS) is 12.4. The van der Waals surface area contributed by atoms with E-state index >= 15 is 0 Å². The third kappa shape index (κ3) is 3.15. The predicted molar refractivity (Wildman–Crippen MR) is 62.8 cm³/mol. The molecule has 0 bridgehead atoms. The molecule has 0 aliphatic carbocycles. The van der Waals surface area contributed by atoms with Crippen molar-refractivity contribution in [3.63, 3.8) is 0 Å². The lowest BCUT2D eigenvalue weighted by atomic mass is 10.1. The number of nitrogens with zero attached hydrogens (tertiary/aromatic N) is 1. The number of rotatable bonds is 4. The molecule has 0 radical (unpaired) electrons. The van der Waals surface area contributed by atoms with Crippen LogP contribution in [0.1, 0.15) is 13.8 Å². The Labute approximate surface area is 104 Å². The Bertz CT molecular complexity index is 542. The number of amides is 1.